The van der Waals surface area contributed by atoms with E-state index in [0.29, 0.717) is 18.2 Å². The standard InChI is InChI=1S/C19H23FN6S.HI/c1-13-11-24-18(27-13)6-7-23-19(21-3)25-12-15-4-5-17(16(20)10-15)26-9-8-22-14(26)2;/h4-5,8-11H,6-7,12H2,1-3H3,(H2,21,23,25);1H. The summed E-state index contributed by atoms with van der Waals surface area (Å²) in [5, 5.41) is 7.56. The molecule has 0 saturated carbocycles. The molecule has 0 aliphatic heterocycles. The van der Waals surface area contributed by atoms with Crippen molar-refractivity contribution in [1.29, 1.82) is 0 Å². The van der Waals surface area contributed by atoms with Crippen LogP contribution in [-0.2, 0) is 13.0 Å². The number of hydrogen-bond acceptors (Lipinski definition) is 4. The lowest BCUT2D eigenvalue weighted by atomic mass is 10.2. The summed E-state index contributed by atoms with van der Waals surface area (Å²) in [6, 6.07) is 5.20. The number of aliphatic imine (C=N–C) groups is 1. The van der Waals surface area contributed by atoms with Crippen molar-refractivity contribution in [3.8, 4) is 5.69 Å². The van der Waals surface area contributed by atoms with E-state index in [9.17, 15) is 4.39 Å². The topological polar surface area (TPSA) is 67.1 Å². The van der Waals surface area contributed by atoms with Gasteiger partial charge in [0.1, 0.15) is 11.6 Å². The highest BCUT2D eigenvalue weighted by atomic mass is 127. The summed E-state index contributed by atoms with van der Waals surface area (Å²) in [5.74, 6) is 1.15. The van der Waals surface area contributed by atoms with Gasteiger partial charge in [-0.25, -0.2) is 14.4 Å². The number of aromatic nitrogens is 3. The van der Waals surface area contributed by atoms with Gasteiger partial charge in [-0.15, -0.1) is 35.3 Å². The fourth-order valence-electron chi connectivity index (χ4n) is 2.70. The van der Waals surface area contributed by atoms with Gasteiger partial charge in [0.2, 0.25) is 0 Å². The van der Waals surface area contributed by atoms with Crippen LogP contribution in [0, 0.1) is 19.7 Å². The number of guanidine groups is 1. The second kappa shape index (κ2) is 10.5. The van der Waals surface area contributed by atoms with Crippen LogP contribution < -0.4 is 10.6 Å². The molecule has 0 bridgehead atoms. The monoisotopic (exact) mass is 514 g/mol. The number of aryl methyl sites for hydroxylation is 2. The Labute approximate surface area is 185 Å². The molecule has 3 aromatic rings. The Morgan fingerprint density at radius 2 is 2.07 bits per heavy atom. The minimum absolute atomic E-state index is 0. The number of nitrogens with zero attached hydrogens (tertiary/aromatic N) is 4. The lowest BCUT2D eigenvalue weighted by Gasteiger charge is -2.13. The predicted molar refractivity (Wildman–Crippen MR) is 122 cm³/mol. The number of imidazole rings is 1. The van der Waals surface area contributed by atoms with E-state index in [4.69, 9.17) is 0 Å². The predicted octanol–water partition coefficient (Wildman–Crippen LogP) is 3.61. The van der Waals surface area contributed by atoms with Gasteiger partial charge in [-0.1, -0.05) is 6.07 Å². The molecule has 2 heterocycles. The van der Waals surface area contributed by atoms with Crippen LogP contribution in [0.2, 0.25) is 0 Å². The molecule has 0 aliphatic rings. The average Bonchev–Trinajstić information content (AvgIpc) is 3.26. The second-order valence-electron chi connectivity index (χ2n) is 6.10. The van der Waals surface area contributed by atoms with Crippen LogP contribution in [0.3, 0.4) is 0 Å². The van der Waals surface area contributed by atoms with Crippen LogP contribution in [-0.4, -0.2) is 34.1 Å². The van der Waals surface area contributed by atoms with Crippen LogP contribution >= 0.6 is 35.3 Å². The normalized spacial score (nSPS) is 11.2. The van der Waals surface area contributed by atoms with E-state index < -0.39 is 0 Å². The summed E-state index contributed by atoms with van der Waals surface area (Å²) >= 11 is 1.70. The summed E-state index contributed by atoms with van der Waals surface area (Å²) in [7, 11) is 1.72. The van der Waals surface area contributed by atoms with Gasteiger partial charge in [-0.05, 0) is 31.5 Å². The zero-order valence-electron chi connectivity index (χ0n) is 16.1. The number of benzene rings is 1. The lowest BCUT2D eigenvalue weighted by Crippen LogP contribution is -2.37. The van der Waals surface area contributed by atoms with Crippen LogP contribution in [0.5, 0.6) is 0 Å². The first-order chi connectivity index (χ1) is 13.1. The Morgan fingerprint density at radius 3 is 2.68 bits per heavy atom. The molecular formula is C19H24FIN6S. The number of thiazole rings is 1. The molecule has 3 rings (SSSR count). The first kappa shape index (κ1) is 22.3. The third-order valence-electron chi connectivity index (χ3n) is 4.08. The van der Waals surface area contributed by atoms with Gasteiger partial charge in [0.25, 0.3) is 0 Å². The van der Waals surface area contributed by atoms with Gasteiger partial charge in [0.05, 0.1) is 10.7 Å². The molecule has 0 unspecified atom stereocenters. The maximum absolute atomic E-state index is 14.5. The highest BCUT2D eigenvalue weighted by Crippen LogP contribution is 2.16. The van der Waals surface area contributed by atoms with Crippen molar-refractivity contribution in [2.45, 2.75) is 26.8 Å². The van der Waals surface area contributed by atoms with Crippen LogP contribution in [0.15, 0.2) is 41.8 Å². The van der Waals surface area contributed by atoms with Gasteiger partial charge in [0, 0.05) is 50.0 Å². The molecule has 1 aromatic carbocycles. The van der Waals surface area contributed by atoms with Gasteiger partial charge < -0.3 is 15.2 Å². The van der Waals surface area contributed by atoms with Crippen molar-refractivity contribution in [2.75, 3.05) is 13.6 Å². The molecule has 150 valence electrons. The highest BCUT2D eigenvalue weighted by Gasteiger charge is 2.08. The molecule has 2 N–H and O–H groups in total. The fraction of sp³-hybridized carbons (Fsp3) is 0.316. The largest absolute Gasteiger partial charge is 0.356 e. The Bertz CT molecular complexity index is 936. The maximum Gasteiger partial charge on any atom is 0.191 e. The smallest absolute Gasteiger partial charge is 0.191 e. The van der Waals surface area contributed by atoms with E-state index in [0.717, 1.165) is 29.4 Å². The molecule has 2 aromatic heterocycles. The molecule has 0 spiro atoms. The van der Waals surface area contributed by atoms with Crippen molar-refractivity contribution in [3.05, 3.63) is 63.9 Å². The Hall–Kier alpha value is -2.01. The molecule has 0 radical (unpaired) electrons. The Balaban J connectivity index is 0.00000280. The van der Waals surface area contributed by atoms with Gasteiger partial charge >= 0.3 is 0 Å². The summed E-state index contributed by atoms with van der Waals surface area (Å²) in [4.78, 5) is 13.9. The van der Waals surface area contributed by atoms with Crippen molar-refractivity contribution >= 4 is 41.3 Å². The van der Waals surface area contributed by atoms with Crippen LogP contribution in [0.4, 0.5) is 4.39 Å². The van der Waals surface area contributed by atoms with Crippen LogP contribution in [0.25, 0.3) is 5.69 Å². The number of halogens is 2. The number of nitrogens with one attached hydrogen (secondary N) is 2. The van der Waals surface area contributed by atoms with Crippen molar-refractivity contribution < 1.29 is 4.39 Å². The van der Waals surface area contributed by atoms with Gasteiger partial charge in [0.15, 0.2) is 5.96 Å². The van der Waals surface area contributed by atoms with Crippen molar-refractivity contribution in [3.63, 3.8) is 0 Å². The first-order valence-corrected chi connectivity index (χ1v) is 9.53. The molecule has 0 saturated heterocycles. The third-order valence-corrected chi connectivity index (χ3v) is 5.05. The molecule has 0 atom stereocenters. The van der Waals surface area contributed by atoms with Crippen molar-refractivity contribution in [2.24, 2.45) is 4.99 Å². The van der Waals surface area contributed by atoms with Gasteiger partial charge in [-0.3, -0.25) is 4.99 Å². The number of hydrogen-bond donors (Lipinski definition) is 2. The Morgan fingerprint density at radius 1 is 1.25 bits per heavy atom. The fourth-order valence-corrected chi connectivity index (χ4v) is 3.49. The van der Waals surface area contributed by atoms with E-state index in [-0.39, 0.29) is 29.8 Å². The summed E-state index contributed by atoms with van der Waals surface area (Å²) < 4.78 is 16.2. The molecule has 0 aliphatic carbocycles. The molecule has 0 amide bonds. The quantitative estimate of drug-likeness (QED) is 0.300. The highest BCUT2D eigenvalue weighted by molar-refractivity contribution is 14.0. The molecule has 9 heteroatoms. The van der Waals surface area contributed by atoms with E-state index >= 15 is 0 Å². The summed E-state index contributed by atoms with van der Waals surface area (Å²) in [6.45, 7) is 5.11. The summed E-state index contributed by atoms with van der Waals surface area (Å²) in [5.41, 5.74) is 1.34. The number of rotatable bonds is 6. The minimum atomic E-state index is -0.280. The van der Waals surface area contributed by atoms with Gasteiger partial charge in [-0.2, -0.15) is 0 Å². The molecule has 6 nitrogen and oxygen atoms in total. The zero-order valence-corrected chi connectivity index (χ0v) is 19.2. The SMILES string of the molecule is CN=C(NCCc1ncc(C)s1)NCc1ccc(-n2ccnc2C)c(F)c1.I. The second-order valence-corrected chi connectivity index (χ2v) is 7.42. The molecular weight excluding hydrogens is 490 g/mol. The van der Waals surface area contributed by atoms with E-state index in [1.807, 2.05) is 26.1 Å². The van der Waals surface area contributed by atoms with Crippen molar-refractivity contribution in [1.82, 2.24) is 25.2 Å². The first-order valence-electron chi connectivity index (χ1n) is 8.71. The van der Waals surface area contributed by atoms with E-state index in [2.05, 4.69) is 25.6 Å². The molecule has 0 fully saturated rings. The minimum Gasteiger partial charge on any atom is -0.356 e. The zero-order chi connectivity index (χ0) is 19.2. The average molecular weight is 514 g/mol. The third kappa shape index (κ3) is 5.74. The Kier molecular flexibility index (Phi) is 8.36. The van der Waals surface area contributed by atoms with E-state index in [1.165, 1.54) is 10.9 Å². The van der Waals surface area contributed by atoms with Crippen LogP contribution in [0.1, 0.15) is 21.3 Å². The maximum atomic E-state index is 14.5. The lowest BCUT2D eigenvalue weighted by molar-refractivity contribution is 0.613. The van der Waals surface area contributed by atoms with E-state index in [1.54, 1.807) is 41.4 Å². The summed E-state index contributed by atoms with van der Waals surface area (Å²) in [6.07, 6.45) is 6.14. The molecule has 28 heavy (non-hydrogen) atoms.